The van der Waals surface area contributed by atoms with Gasteiger partial charge in [-0.25, -0.2) is 4.79 Å². The van der Waals surface area contributed by atoms with Crippen molar-refractivity contribution >= 4 is 23.3 Å². The molecule has 3 rings (SSSR count). The molecule has 2 aromatic carbocycles. The van der Waals surface area contributed by atoms with Gasteiger partial charge in [-0.15, -0.1) is 10.2 Å². The maximum atomic E-state index is 12.0. The standard InChI is InChI=1S/C22H23ClN4O3/c1-3-29-17-7-5-16(6-8-17)19-10-11-21(27-26-19)30-13-12-24-22(28)25-20-14-15(2)4-9-18(20)23/h4-11,14H,3,12-13H2,1-2H3,(H2,24,25,28). The largest absolute Gasteiger partial charge is 0.494 e. The molecule has 7 nitrogen and oxygen atoms in total. The Bertz CT molecular complexity index is 979. The number of benzene rings is 2. The lowest BCUT2D eigenvalue weighted by Crippen LogP contribution is -2.32. The molecule has 0 saturated carbocycles. The fourth-order valence-corrected chi connectivity index (χ4v) is 2.83. The number of hydrogen-bond donors (Lipinski definition) is 2. The molecule has 0 bridgehead atoms. The van der Waals surface area contributed by atoms with Crippen LogP contribution in [-0.4, -0.2) is 36.0 Å². The second-order valence-electron chi connectivity index (χ2n) is 6.43. The summed E-state index contributed by atoms with van der Waals surface area (Å²) in [4.78, 5) is 12.0. The SMILES string of the molecule is CCOc1ccc(-c2ccc(OCCNC(=O)Nc3cc(C)ccc3Cl)nn2)cc1. The van der Waals surface area contributed by atoms with Crippen LogP contribution in [0.3, 0.4) is 0 Å². The Morgan fingerprint density at radius 3 is 2.53 bits per heavy atom. The van der Waals surface area contributed by atoms with Crippen LogP contribution in [0.2, 0.25) is 5.02 Å². The van der Waals surface area contributed by atoms with Crippen molar-refractivity contribution in [2.75, 3.05) is 25.1 Å². The van der Waals surface area contributed by atoms with Crippen molar-refractivity contribution < 1.29 is 14.3 Å². The minimum atomic E-state index is -0.358. The highest BCUT2D eigenvalue weighted by molar-refractivity contribution is 6.33. The van der Waals surface area contributed by atoms with E-state index in [1.807, 2.05) is 50.2 Å². The van der Waals surface area contributed by atoms with E-state index in [0.29, 0.717) is 29.7 Å². The average Bonchev–Trinajstić information content (AvgIpc) is 2.75. The summed E-state index contributed by atoms with van der Waals surface area (Å²) in [5, 5.41) is 14.2. The Balaban J connectivity index is 1.44. The molecule has 8 heteroatoms. The zero-order valence-corrected chi connectivity index (χ0v) is 17.6. The van der Waals surface area contributed by atoms with Gasteiger partial charge in [-0.3, -0.25) is 0 Å². The van der Waals surface area contributed by atoms with Gasteiger partial charge in [-0.2, -0.15) is 0 Å². The van der Waals surface area contributed by atoms with E-state index in [2.05, 4.69) is 20.8 Å². The molecule has 0 aliphatic heterocycles. The summed E-state index contributed by atoms with van der Waals surface area (Å²) in [5.74, 6) is 1.20. The van der Waals surface area contributed by atoms with Crippen molar-refractivity contribution in [3.05, 3.63) is 65.2 Å². The van der Waals surface area contributed by atoms with E-state index in [-0.39, 0.29) is 12.6 Å². The van der Waals surface area contributed by atoms with Gasteiger partial charge in [0.2, 0.25) is 5.88 Å². The van der Waals surface area contributed by atoms with E-state index in [0.717, 1.165) is 22.6 Å². The van der Waals surface area contributed by atoms with Crippen LogP contribution >= 0.6 is 11.6 Å². The molecular formula is C22H23ClN4O3. The second kappa shape index (κ2) is 10.5. The highest BCUT2D eigenvalue weighted by Gasteiger charge is 2.06. The first-order chi connectivity index (χ1) is 14.5. The highest BCUT2D eigenvalue weighted by atomic mass is 35.5. The molecule has 30 heavy (non-hydrogen) atoms. The summed E-state index contributed by atoms with van der Waals surface area (Å²) in [6.07, 6.45) is 0. The smallest absolute Gasteiger partial charge is 0.319 e. The molecular weight excluding hydrogens is 404 g/mol. The van der Waals surface area contributed by atoms with Crippen LogP contribution in [0, 0.1) is 6.92 Å². The first-order valence-corrected chi connectivity index (χ1v) is 9.93. The van der Waals surface area contributed by atoms with Gasteiger partial charge in [0.1, 0.15) is 12.4 Å². The average molecular weight is 427 g/mol. The zero-order valence-electron chi connectivity index (χ0n) is 16.8. The fraction of sp³-hybridized carbons (Fsp3) is 0.227. The molecule has 0 unspecified atom stereocenters. The van der Waals surface area contributed by atoms with Gasteiger partial charge in [-0.05, 0) is 61.9 Å². The molecule has 0 aliphatic carbocycles. The topological polar surface area (TPSA) is 85.4 Å². The molecule has 2 N–H and O–H groups in total. The Hall–Kier alpha value is -3.32. The van der Waals surface area contributed by atoms with E-state index in [4.69, 9.17) is 21.1 Å². The zero-order chi connectivity index (χ0) is 21.3. The molecule has 0 aliphatic rings. The van der Waals surface area contributed by atoms with E-state index < -0.39 is 0 Å². The van der Waals surface area contributed by atoms with Crippen LogP contribution in [0.4, 0.5) is 10.5 Å². The molecule has 2 amide bonds. The van der Waals surface area contributed by atoms with E-state index in [1.54, 1.807) is 18.2 Å². The Morgan fingerprint density at radius 1 is 1.03 bits per heavy atom. The minimum absolute atomic E-state index is 0.256. The van der Waals surface area contributed by atoms with Crippen molar-refractivity contribution in [2.45, 2.75) is 13.8 Å². The van der Waals surface area contributed by atoms with E-state index >= 15 is 0 Å². The number of nitrogens with one attached hydrogen (secondary N) is 2. The summed E-state index contributed by atoms with van der Waals surface area (Å²) in [5.41, 5.74) is 3.24. The number of urea groups is 1. The number of aromatic nitrogens is 2. The van der Waals surface area contributed by atoms with Gasteiger partial charge < -0.3 is 20.1 Å². The van der Waals surface area contributed by atoms with Crippen molar-refractivity contribution in [3.8, 4) is 22.9 Å². The number of amides is 2. The van der Waals surface area contributed by atoms with Gasteiger partial charge in [-0.1, -0.05) is 17.7 Å². The molecule has 3 aromatic rings. The first kappa shape index (κ1) is 21.4. The highest BCUT2D eigenvalue weighted by Crippen LogP contribution is 2.23. The number of aryl methyl sites for hydroxylation is 1. The number of ether oxygens (including phenoxy) is 2. The van der Waals surface area contributed by atoms with E-state index in [1.165, 1.54) is 0 Å². The van der Waals surface area contributed by atoms with Crippen molar-refractivity contribution in [3.63, 3.8) is 0 Å². The van der Waals surface area contributed by atoms with Crippen molar-refractivity contribution in [1.29, 1.82) is 0 Å². The third-order valence-corrected chi connectivity index (χ3v) is 4.44. The number of anilines is 1. The lowest BCUT2D eigenvalue weighted by molar-refractivity contribution is 0.246. The quantitative estimate of drug-likeness (QED) is 0.510. The Kier molecular flexibility index (Phi) is 7.45. The number of carbonyl (C=O) groups is 1. The molecule has 0 atom stereocenters. The summed E-state index contributed by atoms with van der Waals surface area (Å²) in [6.45, 7) is 5.06. The normalized spacial score (nSPS) is 10.4. The van der Waals surface area contributed by atoms with Crippen LogP contribution in [0.15, 0.2) is 54.6 Å². The third-order valence-electron chi connectivity index (χ3n) is 4.11. The minimum Gasteiger partial charge on any atom is -0.494 e. The molecule has 156 valence electrons. The predicted octanol–water partition coefficient (Wildman–Crippen LogP) is 4.70. The number of rotatable bonds is 8. The summed E-state index contributed by atoms with van der Waals surface area (Å²) >= 11 is 6.07. The monoisotopic (exact) mass is 426 g/mol. The number of nitrogens with zero attached hydrogens (tertiary/aromatic N) is 2. The maximum absolute atomic E-state index is 12.0. The van der Waals surface area contributed by atoms with Gasteiger partial charge >= 0.3 is 6.03 Å². The number of carbonyl (C=O) groups excluding carboxylic acids is 1. The number of halogens is 1. The van der Waals surface area contributed by atoms with Crippen LogP contribution in [0.1, 0.15) is 12.5 Å². The lowest BCUT2D eigenvalue weighted by Gasteiger charge is -2.10. The molecule has 0 radical (unpaired) electrons. The van der Waals surface area contributed by atoms with Crippen molar-refractivity contribution in [1.82, 2.24) is 15.5 Å². The summed E-state index contributed by atoms with van der Waals surface area (Å²) in [7, 11) is 0. The van der Waals surface area contributed by atoms with Gasteiger partial charge in [0.25, 0.3) is 0 Å². The predicted molar refractivity (Wildman–Crippen MR) is 117 cm³/mol. The lowest BCUT2D eigenvalue weighted by atomic mass is 10.1. The first-order valence-electron chi connectivity index (χ1n) is 9.56. The fourth-order valence-electron chi connectivity index (χ4n) is 2.66. The third kappa shape index (κ3) is 6.09. The van der Waals surface area contributed by atoms with Crippen LogP contribution in [0.25, 0.3) is 11.3 Å². The van der Waals surface area contributed by atoms with Gasteiger partial charge in [0.05, 0.1) is 29.6 Å². The maximum Gasteiger partial charge on any atom is 0.319 e. The Labute approximate surface area is 180 Å². The van der Waals surface area contributed by atoms with Crippen LogP contribution in [0.5, 0.6) is 11.6 Å². The van der Waals surface area contributed by atoms with Crippen LogP contribution in [-0.2, 0) is 0 Å². The Morgan fingerprint density at radius 2 is 1.83 bits per heavy atom. The van der Waals surface area contributed by atoms with Crippen LogP contribution < -0.4 is 20.1 Å². The molecule has 1 heterocycles. The number of hydrogen-bond acceptors (Lipinski definition) is 5. The van der Waals surface area contributed by atoms with Gasteiger partial charge in [0, 0.05) is 11.6 Å². The second-order valence-corrected chi connectivity index (χ2v) is 6.83. The molecule has 0 fully saturated rings. The van der Waals surface area contributed by atoms with Gasteiger partial charge in [0.15, 0.2) is 0 Å². The van der Waals surface area contributed by atoms with E-state index in [9.17, 15) is 4.79 Å². The van der Waals surface area contributed by atoms with Crippen molar-refractivity contribution in [2.24, 2.45) is 0 Å². The molecule has 1 aromatic heterocycles. The molecule has 0 spiro atoms. The molecule has 0 saturated heterocycles. The summed E-state index contributed by atoms with van der Waals surface area (Å²) in [6, 6.07) is 16.3. The summed E-state index contributed by atoms with van der Waals surface area (Å²) < 4.78 is 11.0.